The van der Waals surface area contributed by atoms with Crippen LogP contribution < -0.4 is 5.32 Å². The van der Waals surface area contributed by atoms with Crippen LogP contribution in [-0.4, -0.2) is 36.7 Å². The number of piperidine rings is 1. The van der Waals surface area contributed by atoms with E-state index < -0.39 is 10.0 Å². The SMILES string of the molecule is CC1CC(C)CN(S(=O)(=O)c2ccc3[nH]c(C(=O)NCc4ccccc4)cc3c2)C1. The van der Waals surface area contributed by atoms with Crippen LogP contribution in [0.2, 0.25) is 0 Å². The van der Waals surface area contributed by atoms with Crippen LogP contribution in [0.15, 0.2) is 59.5 Å². The molecule has 1 saturated heterocycles. The lowest BCUT2D eigenvalue weighted by atomic mass is 9.94. The predicted octanol–water partition coefficient (Wildman–Crippen LogP) is 3.76. The zero-order chi connectivity index (χ0) is 21.3. The van der Waals surface area contributed by atoms with Crippen molar-refractivity contribution in [3.63, 3.8) is 0 Å². The first-order valence-electron chi connectivity index (χ1n) is 10.3. The third-order valence-corrected chi connectivity index (χ3v) is 7.43. The Bertz CT molecular complexity index is 1140. The van der Waals surface area contributed by atoms with Crippen LogP contribution in [0.4, 0.5) is 0 Å². The molecule has 0 bridgehead atoms. The molecule has 1 amide bonds. The van der Waals surface area contributed by atoms with Crippen molar-refractivity contribution >= 4 is 26.8 Å². The summed E-state index contributed by atoms with van der Waals surface area (Å²) in [6.45, 7) is 5.71. The number of benzene rings is 2. The van der Waals surface area contributed by atoms with Crippen molar-refractivity contribution in [2.24, 2.45) is 11.8 Å². The first-order valence-corrected chi connectivity index (χ1v) is 11.7. The first-order chi connectivity index (χ1) is 14.3. The number of nitrogens with zero attached hydrogens (tertiary/aromatic N) is 1. The minimum absolute atomic E-state index is 0.224. The van der Waals surface area contributed by atoms with Gasteiger partial charge in [-0.2, -0.15) is 4.31 Å². The molecule has 30 heavy (non-hydrogen) atoms. The Balaban J connectivity index is 1.54. The van der Waals surface area contributed by atoms with Gasteiger partial charge in [0.25, 0.3) is 5.91 Å². The Morgan fingerprint density at radius 3 is 2.47 bits per heavy atom. The second-order valence-electron chi connectivity index (χ2n) is 8.37. The van der Waals surface area contributed by atoms with Gasteiger partial charge in [-0.15, -0.1) is 0 Å². The minimum atomic E-state index is -3.56. The van der Waals surface area contributed by atoms with Crippen LogP contribution >= 0.6 is 0 Å². The lowest BCUT2D eigenvalue weighted by Gasteiger charge is -2.34. The number of rotatable bonds is 5. The molecular weight excluding hydrogens is 398 g/mol. The summed E-state index contributed by atoms with van der Waals surface area (Å²) in [5.41, 5.74) is 2.16. The quantitative estimate of drug-likeness (QED) is 0.653. The van der Waals surface area contributed by atoms with Gasteiger partial charge in [0.05, 0.1) is 4.90 Å². The summed E-state index contributed by atoms with van der Waals surface area (Å²) in [7, 11) is -3.56. The van der Waals surface area contributed by atoms with E-state index in [1.165, 1.54) is 0 Å². The fraction of sp³-hybridized carbons (Fsp3) is 0.348. The van der Waals surface area contributed by atoms with Gasteiger partial charge in [0, 0.05) is 30.5 Å². The monoisotopic (exact) mass is 425 g/mol. The highest BCUT2D eigenvalue weighted by atomic mass is 32.2. The van der Waals surface area contributed by atoms with Gasteiger partial charge in [-0.25, -0.2) is 8.42 Å². The van der Waals surface area contributed by atoms with Crippen molar-refractivity contribution in [2.45, 2.75) is 31.7 Å². The molecule has 4 rings (SSSR count). The van der Waals surface area contributed by atoms with Crippen LogP contribution in [0.5, 0.6) is 0 Å². The molecule has 1 aromatic heterocycles. The van der Waals surface area contributed by atoms with Crippen LogP contribution in [0.1, 0.15) is 36.3 Å². The molecule has 7 heteroatoms. The molecule has 1 aliphatic rings. The molecular formula is C23H27N3O3S. The number of H-pyrrole nitrogens is 1. The molecule has 6 nitrogen and oxygen atoms in total. The highest BCUT2D eigenvalue weighted by Crippen LogP contribution is 2.28. The van der Waals surface area contributed by atoms with E-state index in [2.05, 4.69) is 24.1 Å². The first kappa shape index (κ1) is 20.6. The number of aromatic nitrogens is 1. The summed E-state index contributed by atoms with van der Waals surface area (Å²) < 4.78 is 27.9. The summed E-state index contributed by atoms with van der Waals surface area (Å²) in [5.74, 6) is 0.469. The number of nitrogens with one attached hydrogen (secondary N) is 2. The maximum Gasteiger partial charge on any atom is 0.267 e. The molecule has 0 saturated carbocycles. The largest absolute Gasteiger partial charge is 0.351 e. The third-order valence-electron chi connectivity index (χ3n) is 5.61. The van der Waals surface area contributed by atoms with E-state index in [0.717, 1.165) is 17.5 Å². The van der Waals surface area contributed by atoms with E-state index in [-0.39, 0.29) is 10.8 Å². The number of aromatic amines is 1. The van der Waals surface area contributed by atoms with E-state index in [0.29, 0.717) is 42.6 Å². The zero-order valence-corrected chi connectivity index (χ0v) is 18.1. The van der Waals surface area contributed by atoms with Crippen molar-refractivity contribution in [1.82, 2.24) is 14.6 Å². The van der Waals surface area contributed by atoms with Crippen molar-refractivity contribution in [1.29, 1.82) is 0 Å². The number of hydrogen-bond acceptors (Lipinski definition) is 3. The molecule has 0 aliphatic carbocycles. The van der Waals surface area contributed by atoms with Gasteiger partial charge < -0.3 is 10.3 Å². The Kier molecular flexibility index (Phi) is 5.66. The zero-order valence-electron chi connectivity index (χ0n) is 17.3. The highest BCUT2D eigenvalue weighted by Gasteiger charge is 2.31. The van der Waals surface area contributed by atoms with Gasteiger partial charge in [-0.05, 0) is 48.1 Å². The summed E-state index contributed by atoms with van der Waals surface area (Å²) in [6.07, 6.45) is 1.05. The predicted molar refractivity (Wildman–Crippen MR) is 118 cm³/mol. The number of carbonyl (C=O) groups is 1. The van der Waals surface area contributed by atoms with E-state index >= 15 is 0 Å². The summed E-state index contributed by atoms with van der Waals surface area (Å²) in [5, 5.41) is 3.59. The maximum absolute atomic E-state index is 13.2. The summed E-state index contributed by atoms with van der Waals surface area (Å²) in [6, 6.07) is 16.4. The fourth-order valence-corrected chi connectivity index (χ4v) is 5.93. The normalized spacial score (nSPS) is 20.3. The van der Waals surface area contributed by atoms with Crippen molar-refractivity contribution in [3.8, 4) is 0 Å². The molecule has 2 N–H and O–H groups in total. The second-order valence-corrected chi connectivity index (χ2v) is 10.3. The fourth-order valence-electron chi connectivity index (χ4n) is 4.22. The molecule has 2 atom stereocenters. The van der Waals surface area contributed by atoms with Crippen molar-refractivity contribution in [2.75, 3.05) is 13.1 Å². The molecule has 2 heterocycles. The van der Waals surface area contributed by atoms with Crippen molar-refractivity contribution in [3.05, 3.63) is 65.9 Å². The lowest BCUT2D eigenvalue weighted by Crippen LogP contribution is -2.42. The van der Waals surface area contributed by atoms with Gasteiger partial charge in [0.15, 0.2) is 0 Å². The van der Waals surface area contributed by atoms with Crippen LogP contribution in [-0.2, 0) is 16.6 Å². The Hall–Kier alpha value is -2.64. The van der Waals surface area contributed by atoms with E-state index in [1.54, 1.807) is 28.6 Å². The van der Waals surface area contributed by atoms with E-state index in [9.17, 15) is 13.2 Å². The van der Waals surface area contributed by atoms with E-state index in [4.69, 9.17) is 0 Å². The number of fused-ring (bicyclic) bond motifs is 1. The molecule has 3 aromatic rings. The Labute approximate surface area is 177 Å². The number of sulfonamides is 1. The van der Waals surface area contributed by atoms with Gasteiger partial charge >= 0.3 is 0 Å². The summed E-state index contributed by atoms with van der Waals surface area (Å²) >= 11 is 0. The van der Waals surface area contributed by atoms with E-state index in [1.807, 2.05) is 30.3 Å². The molecule has 2 aromatic carbocycles. The Morgan fingerprint density at radius 2 is 1.77 bits per heavy atom. The average molecular weight is 426 g/mol. The molecule has 1 fully saturated rings. The molecule has 158 valence electrons. The number of hydrogen-bond donors (Lipinski definition) is 2. The second kappa shape index (κ2) is 8.24. The van der Waals surface area contributed by atoms with Gasteiger partial charge in [0.2, 0.25) is 10.0 Å². The van der Waals surface area contributed by atoms with Gasteiger partial charge in [-0.3, -0.25) is 4.79 Å². The number of amides is 1. The van der Waals surface area contributed by atoms with Crippen LogP contribution in [0, 0.1) is 11.8 Å². The summed E-state index contributed by atoms with van der Waals surface area (Å²) in [4.78, 5) is 15.9. The number of carbonyl (C=O) groups excluding carboxylic acids is 1. The molecule has 0 radical (unpaired) electrons. The maximum atomic E-state index is 13.2. The average Bonchev–Trinajstić information content (AvgIpc) is 3.15. The Morgan fingerprint density at radius 1 is 1.07 bits per heavy atom. The third kappa shape index (κ3) is 4.27. The standard InChI is InChI=1S/C23H27N3O3S/c1-16-10-17(2)15-26(14-16)30(28,29)20-8-9-21-19(11-20)12-22(25-21)23(27)24-13-18-6-4-3-5-7-18/h3-9,11-12,16-17,25H,10,13-15H2,1-2H3,(H,24,27). The van der Waals surface area contributed by atoms with Gasteiger partial charge in [0.1, 0.15) is 5.69 Å². The van der Waals surface area contributed by atoms with Gasteiger partial charge in [-0.1, -0.05) is 44.2 Å². The minimum Gasteiger partial charge on any atom is -0.351 e. The highest BCUT2D eigenvalue weighted by molar-refractivity contribution is 7.89. The van der Waals surface area contributed by atoms with Crippen LogP contribution in [0.25, 0.3) is 10.9 Å². The van der Waals surface area contributed by atoms with Crippen LogP contribution in [0.3, 0.4) is 0 Å². The topological polar surface area (TPSA) is 82.3 Å². The molecule has 0 spiro atoms. The smallest absolute Gasteiger partial charge is 0.267 e. The lowest BCUT2D eigenvalue weighted by molar-refractivity contribution is 0.0946. The molecule has 2 unspecified atom stereocenters. The molecule has 1 aliphatic heterocycles. The van der Waals surface area contributed by atoms with Crippen molar-refractivity contribution < 1.29 is 13.2 Å².